The first-order valence-electron chi connectivity index (χ1n) is 9.70. The van der Waals surface area contributed by atoms with Gasteiger partial charge in [-0.1, -0.05) is 12.8 Å². The number of halogens is 1. The molecule has 0 aliphatic heterocycles. The Morgan fingerprint density at radius 2 is 1.83 bits per heavy atom. The van der Waals surface area contributed by atoms with Crippen LogP contribution in [0.1, 0.15) is 36.5 Å². The molecule has 2 aromatic heterocycles. The second kappa shape index (κ2) is 9.12. The molecule has 9 nitrogen and oxygen atoms in total. The number of aromatic nitrogens is 2. The van der Waals surface area contributed by atoms with E-state index in [0.717, 1.165) is 25.3 Å². The van der Waals surface area contributed by atoms with E-state index < -0.39 is 11.7 Å². The molecule has 0 radical (unpaired) electrons. The molecule has 0 aromatic carbocycles. The van der Waals surface area contributed by atoms with Gasteiger partial charge < -0.3 is 31.6 Å². The average Bonchev–Trinajstić information content (AvgIpc) is 3.53. The number of nitrogens with two attached hydrogens (primary N) is 2. The molecule has 6 N–H and O–H groups in total. The lowest BCUT2D eigenvalue weighted by molar-refractivity contribution is 0.100. The number of pyridine rings is 2. The van der Waals surface area contributed by atoms with E-state index >= 15 is 0 Å². The zero-order valence-corrected chi connectivity index (χ0v) is 17.2. The van der Waals surface area contributed by atoms with Crippen LogP contribution >= 0.6 is 0 Å². The Morgan fingerprint density at radius 3 is 2.33 bits per heavy atom. The lowest BCUT2D eigenvalue weighted by Crippen LogP contribution is -2.39. The van der Waals surface area contributed by atoms with Gasteiger partial charge in [0.2, 0.25) is 11.8 Å². The Labute approximate surface area is 174 Å². The van der Waals surface area contributed by atoms with E-state index in [1.807, 2.05) is 6.92 Å². The predicted octanol–water partition coefficient (Wildman–Crippen LogP) is 2.40. The van der Waals surface area contributed by atoms with Gasteiger partial charge in [0, 0.05) is 24.2 Å². The Hall–Kier alpha value is -3.14. The van der Waals surface area contributed by atoms with Crippen molar-refractivity contribution in [1.29, 1.82) is 0 Å². The van der Waals surface area contributed by atoms with Crippen molar-refractivity contribution >= 4 is 23.2 Å². The quantitative estimate of drug-likeness (QED) is 0.462. The molecule has 1 amide bonds. The van der Waals surface area contributed by atoms with E-state index in [9.17, 15) is 9.18 Å². The summed E-state index contributed by atoms with van der Waals surface area (Å²) in [6.45, 7) is 1.87. The number of hydrogen-bond acceptors (Lipinski definition) is 8. The molecule has 10 heteroatoms. The summed E-state index contributed by atoms with van der Waals surface area (Å²) in [6, 6.07) is 3.89. The number of ether oxygens (including phenoxy) is 2. The summed E-state index contributed by atoms with van der Waals surface area (Å²) in [7, 11) is 2.93. The van der Waals surface area contributed by atoms with Gasteiger partial charge in [-0.3, -0.25) is 4.79 Å². The number of carbonyl (C=O) groups excluding carboxylic acids is 1. The molecular weight excluding hydrogens is 391 g/mol. The van der Waals surface area contributed by atoms with E-state index in [4.69, 9.17) is 20.9 Å². The third kappa shape index (κ3) is 5.26. The highest BCUT2D eigenvalue weighted by atomic mass is 19.1. The zero-order valence-electron chi connectivity index (χ0n) is 17.2. The van der Waals surface area contributed by atoms with Gasteiger partial charge in [-0.25, -0.2) is 9.37 Å². The van der Waals surface area contributed by atoms with Gasteiger partial charge in [0.15, 0.2) is 11.6 Å². The Morgan fingerprint density at radius 1 is 1.20 bits per heavy atom. The van der Waals surface area contributed by atoms with Gasteiger partial charge in [-0.05, 0) is 25.3 Å². The van der Waals surface area contributed by atoms with Crippen molar-refractivity contribution in [3.05, 3.63) is 29.6 Å². The van der Waals surface area contributed by atoms with Gasteiger partial charge in [-0.15, -0.1) is 0 Å². The fourth-order valence-corrected chi connectivity index (χ4v) is 3.07. The van der Waals surface area contributed by atoms with Crippen molar-refractivity contribution in [2.24, 2.45) is 17.4 Å². The summed E-state index contributed by atoms with van der Waals surface area (Å²) < 4.78 is 25.0. The molecule has 3 rings (SSSR count). The van der Waals surface area contributed by atoms with Crippen molar-refractivity contribution < 1.29 is 18.7 Å². The minimum Gasteiger partial charge on any atom is -0.481 e. The van der Waals surface area contributed by atoms with Crippen LogP contribution < -0.4 is 31.6 Å². The first-order valence-corrected chi connectivity index (χ1v) is 9.70. The summed E-state index contributed by atoms with van der Waals surface area (Å²) >= 11 is 0. The smallest absolute Gasteiger partial charge is 0.252 e. The molecule has 1 aliphatic carbocycles. The second-order valence-corrected chi connectivity index (χ2v) is 7.43. The highest BCUT2D eigenvalue weighted by Crippen LogP contribution is 2.35. The van der Waals surface area contributed by atoms with Gasteiger partial charge in [0.1, 0.15) is 5.82 Å². The van der Waals surface area contributed by atoms with Crippen molar-refractivity contribution in [2.75, 3.05) is 24.9 Å². The molecule has 2 atom stereocenters. The molecule has 0 bridgehead atoms. The van der Waals surface area contributed by atoms with Crippen LogP contribution in [0, 0.1) is 11.7 Å². The number of anilines is 3. The molecule has 0 unspecified atom stereocenters. The van der Waals surface area contributed by atoms with E-state index in [1.165, 1.54) is 14.2 Å². The van der Waals surface area contributed by atoms with Crippen LogP contribution in [0.25, 0.3) is 0 Å². The molecule has 0 saturated heterocycles. The fraction of sp³-hybridized carbons (Fsp3) is 0.450. The number of nitrogens with zero attached hydrogens (tertiary/aromatic N) is 2. The predicted molar refractivity (Wildman–Crippen MR) is 112 cm³/mol. The van der Waals surface area contributed by atoms with E-state index in [-0.39, 0.29) is 29.3 Å². The number of rotatable bonds is 10. The fourth-order valence-electron chi connectivity index (χ4n) is 3.07. The van der Waals surface area contributed by atoms with Crippen LogP contribution in [-0.2, 0) is 0 Å². The van der Waals surface area contributed by atoms with Crippen molar-refractivity contribution in [2.45, 2.75) is 38.3 Å². The first-order chi connectivity index (χ1) is 14.3. The molecule has 1 fully saturated rings. The summed E-state index contributed by atoms with van der Waals surface area (Å²) in [6.07, 6.45) is 3.14. The van der Waals surface area contributed by atoms with Crippen molar-refractivity contribution in [3.8, 4) is 11.8 Å². The standard InChI is InChI=1S/C20H27FN6O3/c1-10(22)15(6-11-4-5-11)25-20-14(21)9-13(18(23)28)19(27-20)24-12-7-16(29-2)26-17(8-12)30-3/h7-11,15H,4-6,22H2,1-3H3,(H2,23,28)(H2,24,25,26,27)/t10-,15+/m0/s1. The third-order valence-electron chi connectivity index (χ3n) is 4.94. The lowest BCUT2D eigenvalue weighted by Gasteiger charge is -2.24. The maximum absolute atomic E-state index is 14.7. The number of carbonyl (C=O) groups is 1. The maximum Gasteiger partial charge on any atom is 0.252 e. The van der Waals surface area contributed by atoms with Gasteiger partial charge >= 0.3 is 0 Å². The minimum atomic E-state index is -0.815. The average molecular weight is 418 g/mol. The molecule has 0 spiro atoms. The summed E-state index contributed by atoms with van der Waals surface area (Å²) in [5.74, 6) is -0.226. The van der Waals surface area contributed by atoms with Crippen LogP contribution in [0.5, 0.6) is 11.8 Å². The lowest BCUT2D eigenvalue weighted by atomic mass is 10.0. The number of nitrogens with one attached hydrogen (secondary N) is 2. The van der Waals surface area contributed by atoms with E-state index in [2.05, 4.69) is 20.6 Å². The van der Waals surface area contributed by atoms with Crippen LogP contribution in [-0.4, -0.2) is 42.2 Å². The summed E-state index contributed by atoms with van der Waals surface area (Å²) in [5, 5.41) is 6.07. The Kier molecular flexibility index (Phi) is 6.56. The third-order valence-corrected chi connectivity index (χ3v) is 4.94. The minimum absolute atomic E-state index is 0.00145. The first kappa shape index (κ1) is 21.6. The van der Waals surface area contributed by atoms with Crippen molar-refractivity contribution in [1.82, 2.24) is 9.97 Å². The number of hydrogen-bond donors (Lipinski definition) is 4. The van der Waals surface area contributed by atoms with Crippen LogP contribution in [0.15, 0.2) is 18.2 Å². The normalized spacial score (nSPS) is 15.2. The second-order valence-electron chi connectivity index (χ2n) is 7.43. The van der Waals surface area contributed by atoms with Crippen molar-refractivity contribution in [3.63, 3.8) is 0 Å². The maximum atomic E-state index is 14.7. The zero-order chi connectivity index (χ0) is 21.8. The van der Waals surface area contributed by atoms with E-state index in [0.29, 0.717) is 23.4 Å². The largest absolute Gasteiger partial charge is 0.481 e. The van der Waals surface area contributed by atoms with E-state index in [1.54, 1.807) is 12.1 Å². The number of amides is 1. The molecule has 2 heterocycles. The Bertz CT molecular complexity index is 897. The molecule has 162 valence electrons. The molecule has 1 aliphatic rings. The number of primary amides is 1. The summed E-state index contributed by atoms with van der Waals surface area (Å²) in [4.78, 5) is 20.3. The van der Waals surface area contributed by atoms with Gasteiger partial charge in [0.25, 0.3) is 5.91 Å². The Balaban J connectivity index is 1.94. The SMILES string of the molecule is COc1cc(Nc2nc(N[C@H](CC3CC3)[C@H](C)N)c(F)cc2C(N)=O)cc(OC)n1. The van der Waals surface area contributed by atoms with Crippen LogP contribution in [0.2, 0.25) is 0 Å². The molecule has 2 aromatic rings. The van der Waals surface area contributed by atoms with Gasteiger partial charge in [0.05, 0.1) is 25.5 Å². The van der Waals surface area contributed by atoms with Crippen LogP contribution in [0.4, 0.5) is 21.7 Å². The monoisotopic (exact) mass is 418 g/mol. The highest BCUT2D eigenvalue weighted by molar-refractivity contribution is 5.98. The van der Waals surface area contributed by atoms with Crippen LogP contribution in [0.3, 0.4) is 0 Å². The topological polar surface area (TPSA) is 137 Å². The molecule has 30 heavy (non-hydrogen) atoms. The highest BCUT2D eigenvalue weighted by Gasteiger charge is 2.28. The summed E-state index contributed by atoms with van der Waals surface area (Å²) in [5.41, 5.74) is 11.9. The molecular formula is C20H27FN6O3. The molecule has 1 saturated carbocycles. The van der Waals surface area contributed by atoms with Gasteiger partial charge in [-0.2, -0.15) is 4.98 Å². The number of methoxy groups -OCH3 is 2.